The second-order valence-electron chi connectivity index (χ2n) is 5.27. The van der Waals surface area contributed by atoms with Crippen molar-refractivity contribution in [3.8, 4) is 0 Å². The van der Waals surface area contributed by atoms with Crippen molar-refractivity contribution in [1.82, 2.24) is 5.32 Å². The van der Waals surface area contributed by atoms with Crippen LogP contribution < -0.4 is 5.32 Å². The summed E-state index contributed by atoms with van der Waals surface area (Å²) in [5, 5.41) is 5.77. The van der Waals surface area contributed by atoms with Gasteiger partial charge in [0.05, 0.1) is 0 Å². The molecule has 1 nitrogen and oxygen atoms in total. The molecule has 1 aliphatic rings. The van der Waals surface area contributed by atoms with Gasteiger partial charge in [-0.1, -0.05) is 19.8 Å². The Kier molecular flexibility index (Phi) is 4.04. The number of hydrogen-bond donors (Lipinski definition) is 1. The molecular weight excluding hydrogens is 214 g/mol. The van der Waals surface area contributed by atoms with Gasteiger partial charge in [-0.15, -0.1) is 11.3 Å². The van der Waals surface area contributed by atoms with Gasteiger partial charge < -0.3 is 5.32 Å². The van der Waals surface area contributed by atoms with Crippen LogP contribution in [0.3, 0.4) is 0 Å². The Hall–Kier alpha value is -0.340. The zero-order valence-corrected chi connectivity index (χ0v) is 11.4. The lowest BCUT2D eigenvalue weighted by atomic mass is 9.78. The minimum Gasteiger partial charge on any atom is -0.312 e. The molecule has 1 N–H and O–H groups in total. The van der Waals surface area contributed by atoms with Crippen LogP contribution in [0.25, 0.3) is 0 Å². The molecule has 2 heteroatoms. The van der Waals surface area contributed by atoms with Crippen LogP contribution in [0.5, 0.6) is 0 Å². The van der Waals surface area contributed by atoms with Gasteiger partial charge in [0.2, 0.25) is 0 Å². The summed E-state index contributed by atoms with van der Waals surface area (Å²) in [5.74, 6) is 1.75. The highest BCUT2D eigenvalue weighted by Gasteiger charge is 2.28. The molecule has 0 aromatic carbocycles. The topological polar surface area (TPSA) is 12.0 Å². The van der Waals surface area contributed by atoms with E-state index in [2.05, 4.69) is 37.7 Å². The van der Waals surface area contributed by atoms with Crippen LogP contribution >= 0.6 is 11.3 Å². The summed E-state index contributed by atoms with van der Waals surface area (Å²) in [4.78, 5) is 1.56. The maximum absolute atomic E-state index is 3.55. The third-order valence-corrected chi connectivity index (χ3v) is 5.05. The van der Waals surface area contributed by atoms with Gasteiger partial charge in [0.15, 0.2) is 0 Å². The van der Waals surface area contributed by atoms with Gasteiger partial charge in [-0.05, 0) is 55.7 Å². The molecule has 1 saturated carbocycles. The van der Waals surface area contributed by atoms with Crippen LogP contribution in [0.4, 0.5) is 0 Å². The second-order valence-corrected chi connectivity index (χ2v) is 6.21. The predicted molar refractivity (Wildman–Crippen MR) is 72.0 cm³/mol. The fraction of sp³-hybridized carbons (Fsp3) is 0.714. The average Bonchev–Trinajstić information content (AvgIpc) is 2.67. The smallest absolute Gasteiger partial charge is 0.0443 e. The molecule has 1 heterocycles. The Balaban J connectivity index is 2.13. The summed E-state index contributed by atoms with van der Waals surface area (Å²) in [6.45, 7) is 4.64. The monoisotopic (exact) mass is 237 g/mol. The van der Waals surface area contributed by atoms with Crippen LogP contribution in [0, 0.1) is 18.8 Å². The number of hydrogen-bond acceptors (Lipinski definition) is 2. The van der Waals surface area contributed by atoms with Crippen molar-refractivity contribution in [3.05, 3.63) is 21.9 Å². The summed E-state index contributed by atoms with van der Waals surface area (Å²) in [7, 11) is 2.11. The van der Waals surface area contributed by atoms with Crippen molar-refractivity contribution >= 4 is 11.3 Å². The Morgan fingerprint density at radius 1 is 1.44 bits per heavy atom. The first kappa shape index (κ1) is 12.1. The van der Waals surface area contributed by atoms with E-state index in [4.69, 9.17) is 0 Å². The lowest BCUT2D eigenvalue weighted by Crippen LogP contribution is -2.28. The molecule has 1 fully saturated rings. The van der Waals surface area contributed by atoms with E-state index in [0.29, 0.717) is 6.04 Å². The van der Waals surface area contributed by atoms with Crippen LogP contribution in [-0.2, 0) is 0 Å². The number of rotatable bonds is 3. The van der Waals surface area contributed by atoms with Crippen molar-refractivity contribution in [3.63, 3.8) is 0 Å². The molecule has 1 aromatic heterocycles. The number of thiophene rings is 1. The van der Waals surface area contributed by atoms with E-state index in [1.165, 1.54) is 31.2 Å². The molecule has 0 bridgehead atoms. The van der Waals surface area contributed by atoms with E-state index < -0.39 is 0 Å². The van der Waals surface area contributed by atoms with E-state index in [1.807, 2.05) is 11.3 Å². The molecule has 0 amide bonds. The summed E-state index contributed by atoms with van der Waals surface area (Å²) in [6.07, 6.45) is 5.63. The normalized spacial score (nSPS) is 27.9. The summed E-state index contributed by atoms with van der Waals surface area (Å²) < 4.78 is 0. The van der Waals surface area contributed by atoms with E-state index >= 15 is 0 Å². The third-order valence-electron chi connectivity index (χ3n) is 3.94. The molecule has 1 aromatic rings. The summed E-state index contributed by atoms with van der Waals surface area (Å²) >= 11 is 1.91. The number of aryl methyl sites for hydroxylation is 1. The lowest BCUT2D eigenvalue weighted by molar-refractivity contribution is 0.231. The molecule has 0 spiro atoms. The van der Waals surface area contributed by atoms with Crippen molar-refractivity contribution in [2.75, 3.05) is 7.05 Å². The molecule has 0 aliphatic heterocycles. The fourth-order valence-electron chi connectivity index (χ4n) is 3.07. The first-order chi connectivity index (χ1) is 7.72. The quantitative estimate of drug-likeness (QED) is 0.833. The molecular formula is C14H23NS. The maximum Gasteiger partial charge on any atom is 0.0443 e. The van der Waals surface area contributed by atoms with Crippen molar-refractivity contribution in [1.29, 1.82) is 0 Å². The minimum atomic E-state index is 0.586. The van der Waals surface area contributed by atoms with Gasteiger partial charge in [0.25, 0.3) is 0 Å². The van der Waals surface area contributed by atoms with Gasteiger partial charge >= 0.3 is 0 Å². The lowest BCUT2D eigenvalue weighted by Gasteiger charge is -2.33. The first-order valence-electron chi connectivity index (χ1n) is 6.43. The van der Waals surface area contributed by atoms with Gasteiger partial charge in [-0.3, -0.25) is 0 Å². The molecule has 3 unspecified atom stereocenters. The summed E-state index contributed by atoms with van der Waals surface area (Å²) in [6, 6.07) is 2.83. The Morgan fingerprint density at radius 2 is 2.25 bits per heavy atom. The van der Waals surface area contributed by atoms with Crippen LogP contribution in [0.1, 0.15) is 49.1 Å². The van der Waals surface area contributed by atoms with Crippen molar-refractivity contribution < 1.29 is 0 Å². The van der Waals surface area contributed by atoms with Gasteiger partial charge in [-0.2, -0.15) is 0 Å². The highest BCUT2D eigenvalue weighted by Crippen LogP contribution is 2.39. The average molecular weight is 237 g/mol. The van der Waals surface area contributed by atoms with E-state index in [0.717, 1.165) is 11.8 Å². The predicted octanol–water partition coefficient (Wildman–Crippen LogP) is 4.14. The molecule has 90 valence electrons. The fourth-order valence-corrected chi connectivity index (χ4v) is 4.20. The highest BCUT2D eigenvalue weighted by atomic mass is 32.1. The minimum absolute atomic E-state index is 0.586. The zero-order chi connectivity index (χ0) is 11.5. The van der Waals surface area contributed by atoms with Gasteiger partial charge in [0, 0.05) is 10.9 Å². The SMILES string of the molecule is CNC(c1sccc1C)C1CCCC(C)C1. The third kappa shape index (κ3) is 2.49. The van der Waals surface area contributed by atoms with Crippen LogP contribution in [-0.4, -0.2) is 7.05 Å². The van der Waals surface area contributed by atoms with Crippen LogP contribution in [0.2, 0.25) is 0 Å². The van der Waals surface area contributed by atoms with E-state index in [1.54, 1.807) is 4.88 Å². The van der Waals surface area contributed by atoms with Gasteiger partial charge in [-0.25, -0.2) is 0 Å². The Labute approximate surface area is 103 Å². The zero-order valence-electron chi connectivity index (χ0n) is 10.6. The van der Waals surface area contributed by atoms with Crippen LogP contribution in [0.15, 0.2) is 11.4 Å². The van der Waals surface area contributed by atoms with Crippen molar-refractivity contribution in [2.24, 2.45) is 11.8 Å². The van der Waals surface area contributed by atoms with Crippen molar-refractivity contribution in [2.45, 2.75) is 45.6 Å². The maximum atomic E-state index is 3.55. The molecule has 16 heavy (non-hydrogen) atoms. The first-order valence-corrected chi connectivity index (χ1v) is 7.31. The molecule has 2 rings (SSSR count). The number of nitrogens with one attached hydrogen (secondary N) is 1. The Morgan fingerprint density at radius 3 is 2.81 bits per heavy atom. The largest absolute Gasteiger partial charge is 0.312 e. The van der Waals surface area contributed by atoms with Gasteiger partial charge in [0.1, 0.15) is 0 Å². The standard InChI is InChI=1S/C14H23NS/c1-10-5-4-6-12(9-10)13(15-3)14-11(2)7-8-16-14/h7-8,10,12-13,15H,4-6,9H2,1-3H3. The molecule has 0 radical (unpaired) electrons. The second kappa shape index (κ2) is 5.33. The molecule has 0 saturated heterocycles. The van der Waals surface area contributed by atoms with E-state index in [-0.39, 0.29) is 0 Å². The summed E-state index contributed by atoms with van der Waals surface area (Å²) in [5.41, 5.74) is 1.46. The Bertz CT molecular complexity index is 331. The highest BCUT2D eigenvalue weighted by molar-refractivity contribution is 7.10. The van der Waals surface area contributed by atoms with E-state index in [9.17, 15) is 0 Å². The molecule has 1 aliphatic carbocycles. The molecule has 3 atom stereocenters.